The number of ether oxygens (including phenoxy) is 1. The van der Waals surface area contributed by atoms with Gasteiger partial charge in [0, 0.05) is 18.5 Å². The standard InChI is InChI=1S/C21H21N3O4/c25-18(22-12-10-15-6-2-1-3-7-15)14-24-19(26)21(23-20(24)27)11-13-28-17-9-5-4-8-16(17)21/h1-9H,10-14H2,(H,22,25)(H,23,27)/t21-/m0/s1. The van der Waals surface area contributed by atoms with Crippen LogP contribution in [-0.4, -0.2) is 42.4 Å². The molecule has 28 heavy (non-hydrogen) atoms. The monoisotopic (exact) mass is 379 g/mol. The molecule has 2 aromatic carbocycles. The zero-order chi connectivity index (χ0) is 19.6. The summed E-state index contributed by atoms with van der Waals surface area (Å²) in [6.07, 6.45) is 1.02. The second kappa shape index (κ2) is 7.34. The van der Waals surface area contributed by atoms with Gasteiger partial charge in [0.2, 0.25) is 5.91 Å². The van der Waals surface area contributed by atoms with Gasteiger partial charge in [-0.15, -0.1) is 0 Å². The number of carbonyl (C=O) groups excluding carboxylic acids is 3. The summed E-state index contributed by atoms with van der Waals surface area (Å²) < 4.78 is 5.60. The first-order valence-electron chi connectivity index (χ1n) is 9.27. The van der Waals surface area contributed by atoms with Crippen LogP contribution in [0.5, 0.6) is 5.75 Å². The lowest BCUT2D eigenvalue weighted by Gasteiger charge is -2.33. The predicted octanol–water partition coefficient (Wildman–Crippen LogP) is 1.58. The molecule has 2 aliphatic rings. The van der Waals surface area contributed by atoms with E-state index >= 15 is 0 Å². The van der Waals surface area contributed by atoms with Crippen LogP contribution in [0, 0.1) is 0 Å². The largest absolute Gasteiger partial charge is 0.493 e. The number of benzene rings is 2. The molecule has 4 amide bonds. The van der Waals surface area contributed by atoms with Crippen molar-refractivity contribution < 1.29 is 19.1 Å². The Morgan fingerprint density at radius 3 is 2.68 bits per heavy atom. The molecule has 1 atom stereocenters. The predicted molar refractivity (Wildman–Crippen MR) is 102 cm³/mol. The molecular weight excluding hydrogens is 358 g/mol. The van der Waals surface area contributed by atoms with E-state index in [0.717, 1.165) is 10.5 Å². The highest BCUT2D eigenvalue weighted by Crippen LogP contribution is 2.40. The lowest BCUT2D eigenvalue weighted by molar-refractivity contribution is -0.136. The molecule has 0 unspecified atom stereocenters. The molecule has 144 valence electrons. The normalized spacial score (nSPS) is 20.5. The Bertz CT molecular complexity index is 915. The maximum Gasteiger partial charge on any atom is 0.325 e. The van der Waals surface area contributed by atoms with Crippen LogP contribution < -0.4 is 15.4 Å². The molecule has 0 bridgehead atoms. The summed E-state index contributed by atoms with van der Waals surface area (Å²) in [5.74, 6) is -0.195. The number of fused-ring (bicyclic) bond motifs is 2. The topological polar surface area (TPSA) is 87.7 Å². The molecule has 0 saturated carbocycles. The molecule has 0 aliphatic carbocycles. The van der Waals surface area contributed by atoms with Gasteiger partial charge in [0.25, 0.3) is 5.91 Å². The number of hydrogen-bond donors (Lipinski definition) is 2. The molecular formula is C21H21N3O4. The van der Waals surface area contributed by atoms with Crippen LogP contribution in [0.4, 0.5) is 4.79 Å². The van der Waals surface area contributed by atoms with Gasteiger partial charge in [-0.25, -0.2) is 4.79 Å². The zero-order valence-corrected chi connectivity index (χ0v) is 15.3. The van der Waals surface area contributed by atoms with Gasteiger partial charge in [0.05, 0.1) is 6.61 Å². The molecule has 4 rings (SSSR count). The van der Waals surface area contributed by atoms with E-state index in [0.29, 0.717) is 37.3 Å². The van der Waals surface area contributed by atoms with Gasteiger partial charge in [-0.3, -0.25) is 14.5 Å². The Balaban J connectivity index is 1.42. The van der Waals surface area contributed by atoms with Gasteiger partial charge in [-0.2, -0.15) is 0 Å². The van der Waals surface area contributed by atoms with Gasteiger partial charge in [0.1, 0.15) is 12.3 Å². The number of urea groups is 1. The summed E-state index contributed by atoms with van der Waals surface area (Å²) in [5, 5.41) is 5.56. The van der Waals surface area contributed by atoms with Crippen molar-refractivity contribution in [2.24, 2.45) is 0 Å². The number of nitrogens with one attached hydrogen (secondary N) is 2. The highest BCUT2D eigenvalue weighted by molar-refractivity contribution is 6.09. The number of para-hydroxylation sites is 1. The number of rotatable bonds is 5. The number of carbonyl (C=O) groups is 3. The van der Waals surface area contributed by atoms with Crippen LogP contribution in [0.25, 0.3) is 0 Å². The second-order valence-corrected chi connectivity index (χ2v) is 6.91. The quantitative estimate of drug-likeness (QED) is 0.772. The molecule has 2 aromatic rings. The first-order chi connectivity index (χ1) is 13.6. The summed E-state index contributed by atoms with van der Waals surface area (Å²) >= 11 is 0. The van der Waals surface area contributed by atoms with E-state index in [1.54, 1.807) is 18.2 Å². The third-order valence-electron chi connectivity index (χ3n) is 5.14. The average Bonchev–Trinajstić information content (AvgIpc) is 2.94. The summed E-state index contributed by atoms with van der Waals surface area (Å²) in [7, 11) is 0. The van der Waals surface area contributed by atoms with Crippen LogP contribution in [0.15, 0.2) is 54.6 Å². The van der Waals surface area contributed by atoms with Crippen molar-refractivity contribution in [2.75, 3.05) is 19.7 Å². The van der Waals surface area contributed by atoms with E-state index in [1.165, 1.54) is 0 Å². The highest BCUT2D eigenvalue weighted by Gasteiger charge is 2.55. The molecule has 0 aromatic heterocycles. The molecule has 2 N–H and O–H groups in total. The van der Waals surface area contributed by atoms with Gasteiger partial charge in [0.15, 0.2) is 5.54 Å². The zero-order valence-electron chi connectivity index (χ0n) is 15.3. The first-order valence-corrected chi connectivity index (χ1v) is 9.27. The smallest absolute Gasteiger partial charge is 0.325 e. The van der Waals surface area contributed by atoms with Crippen molar-refractivity contribution in [2.45, 2.75) is 18.4 Å². The minimum Gasteiger partial charge on any atom is -0.493 e. The third-order valence-corrected chi connectivity index (χ3v) is 5.14. The highest BCUT2D eigenvalue weighted by atomic mass is 16.5. The van der Waals surface area contributed by atoms with E-state index in [2.05, 4.69) is 10.6 Å². The SMILES string of the molecule is O=C(CN1C(=O)N[C@]2(CCOc3ccccc32)C1=O)NCCc1ccccc1. The third kappa shape index (κ3) is 3.19. The molecule has 1 spiro atoms. The Kier molecular flexibility index (Phi) is 4.73. The maximum atomic E-state index is 13.1. The number of amides is 4. The van der Waals surface area contributed by atoms with E-state index in [1.807, 2.05) is 36.4 Å². The summed E-state index contributed by atoms with van der Waals surface area (Å²) in [6.45, 7) is 0.457. The van der Waals surface area contributed by atoms with Crippen molar-refractivity contribution in [3.05, 3.63) is 65.7 Å². The van der Waals surface area contributed by atoms with Crippen LogP contribution in [0.1, 0.15) is 17.5 Å². The Hall–Kier alpha value is -3.35. The Labute approximate surface area is 162 Å². The number of nitrogens with zero attached hydrogens (tertiary/aromatic N) is 1. The van der Waals surface area contributed by atoms with E-state index in [9.17, 15) is 14.4 Å². The van der Waals surface area contributed by atoms with Crippen molar-refractivity contribution in [3.8, 4) is 5.75 Å². The van der Waals surface area contributed by atoms with Crippen LogP contribution >= 0.6 is 0 Å². The van der Waals surface area contributed by atoms with Crippen molar-refractivity contribution >= 4 is 17.8 Å². The fourth-order valence-corrected chi connectivity index (χ4v) is 3.71. The Morgan fingerprint density at radius 2 is 1.86 bits per heavy atom. The Morgan fingerprint density at radius 1 is 1.11 bits per heavy atom. The molecule has 2 aliphatic heterocycles. The van der Waals surface area contributed by atoms with Crippen LogP contribution in [0.2, 0.25) is 0 Å². The van der Waals surface area contributed by atoms with Crippen LogP contribution in [0.3, 0.4) is 0 Å². The van der Waals surface area contributed by atoms with Gasteiger partial charge < -0.3 is 15.4 Å². The van der Waals surface area contributed by atoms with Crippen molar-refractivity contribution in [1.82, 2.24) is 15.5 Å². The number of hydrogen-bond acceptors (Lipinski definition) is 4. The molecule has 1 saturated heterocycles. The minimum absolute atomic E-state index is 0.301. The molecule has 7 heteroatoms. The average molecular weight is 379 g/mol. The maximum absolute atomic E-state index is 13.1. The van der Waals surface area contributed by atoms with Crippen molar-refractivity contribution in [1.29, 1.82) is 0 Å². The minimum atomic E-state index is -1.16. The fraction of sp³-hybridized carbons (Fsp3) is 0.286. The van der Waals surface area contributed by atoms with Crippen LogP contribution in [-0.2, 0) is 21.5 Å². The summed E-state index contributed by atoms with van der Waals surface area (Å²) in [4.78, 5) is 38.8. The van der Waals surface area contributed by atoms with Gasteiger partial charge in [-0.05, 0) is 18.1 Å². The molecule has 0 radical (unpaired) electrons. The fourth-order valence-electron chi connectivity index (χ4n) is 3.71. The molecule has 1 fully saturated rings. The van der Waals surface area contributed by atoms with Gasteiger partial charge in [-0.1, -0.05) is 48.5 Å². The van der Waals surface area contributed by atoms with Crippen molar-refractivity contribution in [3.63, 3.8) is 0 Å². The van der Waals surface area contributed by atoms with Gasteiger partial charge >= 0.3 is 6.03 Å². The first kappa shape index (κ1) is 18.0. The van der Waals surface area contributed by atoms with E-state index < -0.39 is 17.5 Å². The summed E-state index contributed by atoms with van der Waals surface area (Å²) in [6, 6.07) is 16.4. The van der Waals surface area contributed by atoms with E-state index in [4.69, 9.17) is 4.74 Å². The molecule has 7 nitrogen and oxygen atoms in total. The number of imide groups is 1. The lowest BCUT2D eigenvalue weighted by atomic mass is 9.84. The molecule has 2 heterocycles. The van der Waals surface area contributed by atoms with E-state index in [-0.39, 0.29) is 12.5 Å². The summed E-state index contributed by atoms with van der Waals surface area (Å²) in [5.41, 5.74) is 0.582. The second-order valence-electron chi connectivity index (χ2n) is 6.91. The lowest BCUT2D eigenvalue weighted by Crippen LogP contribution is -2.48.